The molecule has 7 heteroatoms. The zero-order chi connectivity index (χ0) is 17.4. The van der Waals surface area contributed by atoms with Crippen LogP contribution in [-0.2, 0) is 6.42 Å². The van der Waals surface area contributed by atoms with Gasteiger partial charge in [-0.25, -0.2) is 4.79 Å². The Hall–Kier alpha value is -1.99. The molecule has 24 heavy (non-hydrogen) atoms. The maximum Gasteiger partial charge on any atom is 0.475 e. The summed E-state index contributed by atoms with van der Waals surface area (Å²) in [5.74, 6) is -0.748. The molecule has 0 aromatic heterocycles. The van der Waals surface area contributed by atoms with Crippen LogP contribution in [0.2, 0.25) is 0 Å². The highest BCUT2D eigenvalue weighted by Crippen LogP contribution is 2.16. The van der Waals surface area contributed by atoms with E-state index >= 15 is 0 Å². The Balaban J connectivity index is 1.82. The molecule has 1 saturated heterocycles. The average molecular weight is 331 g/mol. The van der Waals surface area contributed by atoms with Crippen LogP contribution < -0.4 is 10.6 Å². The van der Waals surface area contributed by atoms with Gasteiger partial charge in [0.1, 0.15) is 0 Å². The van der Waals surface area contributed by atoms with Gasteiger partial charge in [-0.3, -0.25) is 0 Å². The summed E-state index contributed by atoms with van der Waals surface area (Å²) < 4.78 is 0. The minimum absolute atomic E-state index is 0.290. The first-order valence-electron chi connectivity index (χ1n) is 8.43. The molecule has 2 atom stereocenters. The highest BCUT2D eigenvalue weighted by molar-refractivity contribution is 6.43. The van der Waals surface area contributed by atoms with Gasteiger partial charge >= 0.3 is 13.1 Å². The van der Waals surface area contributed by atoms with Crippen molar-refractivity contribution in [3.8, 4) is 0 Å². The fraction of sp³-hybridized carbons (Fsp3) is 0.471. The quantitative estimate of drug-likeness (QED) is 0.560. The third-order valence-corrected chi connectivity index (χ3v) is 4.24. The van der Waals surface area contributed by atoms with Crippen LogP contribution in [-0.4, -0.2) is 53.2 Å². The molecule has 0 radical (unpaired) electrons. The molecule has 0 aliphatic carbocycles. The molecule has 1 aliphatic heterocycles. The van der Waals surface area contributed by atoms with Gasteiger partial charge in [0, 0.05) is 19.1 Å². The van der Waals surface area contributed by atoms with E-state index in [2.05, 4.69) is 15.5 Å². The van der Waals surface area contributed by atoms with Gasteiger partial charge in [0.25, 0.3) is 0 Å². The Morgan fingerprint density at radius 3 is 2.83 bits per heavy atom. The first kappa shape index (κ1) is 18.4. The average Bonchev–Trinajstić information content (AvgIpc) is 3.01. The molecular formula is C17H26BN3O3. The molecule has 0 bridgehead atoms. The first-order chi connectivity index (χ1) is 11.6. The van der Waals surface area contributed by atoms with E-state index in [0.29, 0.717) is 19.0 Å². The number of benzene rings is 1. The van der Waals surface area contributed by atoms with Crippen LogP contribution in [0.15, 0.2) is 42.6 Å². The number of carbonyl (C=O) groups excluding carboxylic acids is 1. The summed E-state index contributed by atoms with van der Waals surface area (Å²) in [7, 11) is -1.61. The van der Waals surface area contributed by atoms with Gasteiger partial charge in [-0.05, 0) is 37.9 Å². The Morgan fingerprint density at radius 2 is 2.17 bits per heavy atom. The number of urea groups is 1. The molecule has 1 fully saturated rings. The molecule has 1 aliphatic rings. The summed E-state index contributed by atoms with van der Waals surface area (Å²) >= 11 is 0. The topological polar surface area (TPSA) is 84.8 Å². The van der Waals surface area contributed by atoms with E-state index in [-0.39, 0.29) is 6.03 Å². The summed E-state index contributed by atoms with van der Waals surface area (Å²) in [6, 6.07) is 9.35. The maximum absolute atomic E-state index is 12.1. The van der Waals surface area contributed by atoms with Gasteiger partial charge in [0.2, 0.25) is 0 Å². The Morgan fingerprint density at radius 1 is 1.42 bits per heavy atom. The van der Waals surface area contributed by atoms with Crippen LogP contribution in [0.1, 0.15) is 25.3 Å². The number of hydrogen-bond acceptors (Lipinski definition) is 4. The number of amides is 2. The molecule has 4 N–H and O–H groups in total. The predicted molar refractivity (Wildman–Crippen MR) is 95.2 cm³/mol. The lowest BCUT2D eigenvalue weighted by atomic mass is 9.76. The molecule has 130 valence electrons. The van der Waals surface area contributed by atoms with E-state index in [9.17, 15) is 14.8 Å². The molecule has 0 saturated carbocycles. The number of hydrogen-bond donors (Lipinski definition) is 4. The maximum atomic E-state index is 12.1. The van der Waals surface area contributed by atoms with Crippen LogP contribution in [0.4, 0.5) is 4.79 Å². The van der Waals surface area contributed by atoms with Gasteiger partial charge in [-0.2, -0.15) is 0 Å². The molecule has 1 heterocycles. The summed E-state index contributed by atoms with van der Waals surface area (Å²) in [6.45, 7) is 3.52. The van der Waals surface area contributed by atoms with Crippen molar-refractivity contribution in [1.29, 1.82) is 0 Å². The monoisotopic (exact) mass is 331 g/mol. The zero-order valence-corrected chi connectivity index (χ0v) is 14.1. The summed E-state index contributed by atoms with van der Waals surface area (Å²) in [6.07, 6.45) is 6.56. The SMILES string of the molecule is CC=CN1CCCC1CNC(=O)N[C@@H](Cc1ccccc1)B(O)O. The lowest BCUT2D eigenvalue weighted by Crippen LogP contribution is -2.52. The van der Waals surface area contributed by atoms with E-state index in [1.807, 2.05) is 49.5 Å². The number of carbonyl (C=O) groups is 1. The van der Waals surface area contributed by atoms with Gasteiger partial charge in [0.05, 0.1) is 5.94 Å². The van der Waals surface area contributed by atoms with Crippen LogP contribution in [0.25, 0.3) is 0 Å². The normalized spacial score (nSPS) is 18.6. The van der Waals surface area contributed by atoms with E-state index in [1.54, 1.807) is 0 Å². The van der Waals surface area contributed by atoms with Crippen LogP contribution in [0.3, 0.4) is 0 Å². The Kier molecular flexibility index (Phi) is 7.15. The molecule has 1 aromatic rings. The minimum Gasteiger partial charge on any atom is -0.426 e. The van der Waals surface area contributed by atoms with Crippen molar-refractivity contribution in [2.75, 3.05) is 13.1 Å². The molecular weight excluding hydrogens is 305 g/mol. The van der Waals surface area contributed by atoms with Crippen molar-refractivity contribution in [3.05, 3.63) is 48.2 Å². The fourth-order valence-electron chi connectivity index (χ4n) is 2.99. The van der Waals surface area contributed by atoms with Crippen LogP contribution >= 0.6 is 0 Å². The van der Waals surface area contributed by atoms with Gasteiger partial charge in [-0.1, -0.05) is 36.4 Å². The van der Waals surface area contributed by atoms with Crippen molar-refractivity contribution in [3.63, 3.8) is 0 Å². The van der Waals surface area contributed by atoms with Crippen molar-refractivity contribution in [2.24, 2.45) is 0 Å². The number of nitrogens with zero attached hydrogens (tertiary/aromatic N) is 1. The van der Waals surface area contributed by atoms with E-state index in [0.717, 1.165) is 24.9 Å². The van der Waals surface area contributed by atoms with Crippen molar-refractivity contribution in [1.82, 2.24) is 15.5 Å². The largest absolute Gasteiger partial charge is 0.475 e. The van der Waals surface area contributed by atoms with Crippen LogP contribution in [0, 0.1) is 0 Å². The number of rotatable bonds is 7. The Labute approximate surface area is 143 Å². The lowest BCUT2D eigenvalue weighted by molar-refractivity contribution is 0.233. The van der Waals surface area contributed by atoms with E-state index < -0.39 is 13.1 Å². The predicted octanol–water partition coefficient (Wildman–Crippen LogP) is 0.907. The standard InChI is InChI=1S/C17H26BN3O3/c1-2-10-21-11-6-9-15(21)13-19-17(22)20-16(18(23)24)12-14-7-4-3-5-8-14/h2-5,7-8,10,15-16,23-24H,6,9,11-13H2,1H3,(H2,19,20,22)/t15?,16-/m0/s1. The third-order valence-electron chi connectivity index (χ3n) is 4.24. The first-order valence-corrected chi connectivity index (χ1v) is 8.43. The number of likely N-dealkylation sites (tertiary alicyclic amines) is 1. The van der Waals surface area contributed by atoms with Gasteiger partial charge in [0.15, 0.2) is 0 Å². The van der Waals surface area contributed by atoms with Crippen molar-refractivity contribution < 1.29 is 14.8 Å². The number of allylic oxidation sites excluding steroid dienone is 1. The lowest BCUT2D eigenvalue weighted by Gasteiger charge is -2.24. The second-order valence-corrected chi connectivity index (χ2v) is 6.08. The summed E-state index contributed by atoms with van der Waals surface area (Å²) in [5.41, 5.74) is 0.936. The second-order valence-electron chi connectivity index (χ2n) is 6.08. The fourth-order valence-corrected chi connectivity index (χ4v) is 2.99. The summed E-state index contributed by atoms with van der Waals surface area (Å²) in [5, 5.41) is 24.5. The molecule has 6 nitrogen and oxygen atoms in total. The van der Waals surface area contributed by atoms with Gasteiger partial charge in [-0.15, -0.1) is 0 Å². The molecule has 1 aromatic carbocycles. The summed E-state index contributed by atoms with van der Waals surface area (Å²) in [4.78, 5) is 14.3. The highest BCUT2D eigenvalue weighted by atomic mass is 16.4. The zero-order valence-electron chi connectivity index (χ0n) is 14.1. The molecule has 0 spiro atoms. The molecule has 2 amide bonds. The highest BCUT2D eigenvalue weighted by Gasteiger charge is 2.26. The minimum atomic E-state index is -1.61. The van der Waals surface area contributed by atoms with E-state index in [4.69, 9.17) is 0 Å². The molecule has 2 rings (SSSR count). The third kappa shape index (κ3) is 5.58. The van der Waals surface area contributed by atoms with Gasteiger partial charge < -0.3 is 25.6 Å². The molecule has 1 unspecified atom stereocenters. The smallest absolute Gasteiger partial charge is 0.426 e. The second kappa shape index (κ2) is 9.34. The number of nitrogens with one attached hydrogen (secondary N) is 2. The van der Waals surface area contributed by atoms with Crippen molar-refractivity contribution in [2.45, 2.75) is 38.2 Å². The van der Waals surface area contributed by atoms with Crippen LogP contribution in [0.5, 0.6) is 0 Å². The van der Waals surface area contributed by atoms with E-state index in [1.165, 1.54) is 0 Å². The van der Waals surface area contributed by atoms with Crippen molar-refractivity contribution >= 4 is 13.1 Å². The Bertz CT molecular complexity index is 539.